The van der Waals surface area contributed by atoms with Crippen molar-refractivity contribution < 1.29 is 14.1 Å². The summed E-state index contributed by atoms with van der Waals surface area (Å²) < 4.78 is 5.24. The van der Waals surface area contributed by atoms with Crippen molar-refractivity contribution in [1.82, 2.24) is 15.4 Å². The Balaban J connectivity index is 1.67. The molecule has 27 heavy (non-hydrogen) atoms. The van der Waals surface area contributed by atoms with E-state index in [1.165, 1.54) is 4.90 Å². The first kappa shape index (κ1) is 18.7. The molecule has 0 radical (unpaired) electrons. The minimum absolute atomic E-state index is 0.0918. The van der Waals surface area contributed by atoms with Crippen LogP contribution >= 0.6 is 11.6 Å². The molecule has 3 rings (SSSR count). The van der Waals surface area contributed by atoms with E-state index >= 15 is 0 Å². The van der Waals surface area contributed by atoms with E-state index in [1.807, 2.05) is 12.1 Å². The van der Waals surface area contributed by atoms with Gasteiger partial charge in [0, 0.05) is 42.9 Å². The first-order valence-corrected chi connectivity index (χ1v) is 8.63. The fourth-order valence-corrected chi connectivity index (χ4v) is 2.70. The fourth-order valence-electron chi connectivity index (χ4n) is 2.51. The maximum Gasteiger partial charge on any atom is 0.273 e. The van der Waals surface area contributed by atoms with Gasteiger partial charge in [-0.1, -0.05) is 41.0 Å². The number of benzene rings is 2. The van der Waals surface area contributed by atoms with Crippen LogP contribution in [0.5, 0.6) is 0 Å². The quantitative estimate of drug-likeness (QED) is 0.730. The highest BCUT2D eigenvalue weighted by Gasteiger charge is 2.14. The molecule has 0 saturated carbocycles. The summed E-state index contributed by atoms with van der Waals surface area (Å²) in [6, 6.07) is 15.8. The van der Waals surface area contributed by atoms with Crippen molar-refractivity contribution in [3.05, 3.63) is 76.4 Å². The maximum absolute atomic E-state index is 12.3. The molecule has 1 aromatic heterocycles. The van der Waals surface area contributed by atoms with Gasteiger partial charge in [-0.3, -0.25) is 9.59 Å². The summed E-state index contributed by atoms with van der Waals surface area (Å²) in [5, 5.41) is 7.16. The Labute approximate surface area is 161 Å². The van der Waals surface area contributed by atoms with E-state index in [0.29, 0.717) is 16.3 Å². The molecule has 0 aliphatic heterocycles. The lowest BCUT2D eigenvalue weighted by Gasteiger charge is -2.11. The van der Waals surface area contributed by atoms with Gasteiger partial charge in [0.15, 0.2) is 11.5 Å². The zero-order chi connectivity index (χ0) is 19.4. The number of nitrogens with zero attached hydrogens (tertiary/aromatic N) is 2. The van der Waals surface area contributed by atoms with Gasteiger partial charge in [0.05, 0.1) is 0 Å². The molecule has 1 N–H and O–H groups in total. The molecule has 138 valence electrons. The SMILES string of the molecule is CN(C)C(=O)c1cccc(CNC(=O)c2cc(-c3cccc(Cl)c3)on2)c1. The Morgan fingerprint density at radius 1 is 1.11 bits per heavy atom. The summed E-state index contributed by atoms with van der Waals surface area (Å²) in [7, 11) is 3.39. The number of halogens is 1. The lowest BCUT2D eigenvalue weighted by Crippen LogP contribution is -2.24. The standard InChI is InChI=1S/C20H18ClN3O3/c1-24(2)20(26)15-7-3-5-13(9-15)12-22-19(25)17-11-18(27-23-17)14-6-4-8-16(21)10-14/h3-11H,12H2,1-2H3,(H,22,25). The van der Waals surface area contributed by atoms with Gasteiger partial charge in [-0.25, -0.2) is 0 Å². The highest BCUT2D eigenvalue weighted by Crippen LogP contribution is 2.23. The fraction of sp³-hybridized carbons (Fsp3) is 0.150. The molecule has 1 heterocycles. The zero-order valence-corrected chi connectivity index (χ0v) is 15.7. The highest BCUT2D eigenvalue weighted by atomic mass is 35.5. The van der Waals surface area contributed by atoms with E-state index in [4.69, 9.17) is 16.1 Å². The number of amides is 2. The molecule has 0 aliphatic rings. The van der Waals surface area contributed by atoms with Gasteiger partial charge < -0.3 is 14.7 Å². The van der Waals surface area contributed by atoms with Crippen molar-refractivity contribution >= 4 is 23.4 Å². The van der Waals surface area contributed by atoms with Crippen LogP contribution in [0.15, 0.2) is 59.1 Å². The van der Waals surface area contributed by atoms with E-state index in [-0.39, 0.29) is 24.1 Å². The molecular formula is C20H18ClN3O3. The first-order chi connectivity index (χ1) is 12.9. The van der Waals surface area contributed by atoms with E-state index in [9.17, 15) is 9.59 Å². The Morgan fingerprint density at radius 2 is 1.89 bits per heavy atom. The molecular weight excluding hydrogens is 366 g/mol. The number of hydrogen-bond donors (Lipinski definition) is 1. The molecule has 7 heteroatoms. The normalized spacial score (nSPS) is 10.5. The minimum Gasteiger partial charge on any atom is -0.355 e. The Hall–Kier alpha value is -3.12. The van der Waals surface area contributed by atoms with Gasteiger partial charge in [-0.2, -0.15) is 0 Å². The number of carbonyl (C=O) groups excluding carboxylic acids is 2. The van der Waals surface area contributed by atoms with Crippen LogP contribution in [0, 0.1) is 0 Å². The van der Waals surface area contributed by atoms with Gasteiger partial charge in [-0.15, -0.1) is 0 Å². The average Bonchev–Trinajstić information content (AvgIpc) is 3.16. The van der Waals surface area contributed by atoms with E-state index in [0.717, 1.165) is 11.1 Å². The monoisotopic (exact) mass is 383 g/mol. The summed E-state index contributed by atoms with van der Waals surface area (Å²) in [5.41, 5.74) is 2.29. The Bertz CT molecular complexity index is 982. The van der Waals surface area contributed by atoms with Crippen molar-refractivity contribution in [3.63, 3.8) is 0 Å². The molecule has 2 aromatic carbocycles. The molecule has 0 unspecified atom stereocenters. The topological polar surface area (TPSA) is 75.4 Å². The van der Waals surface area contributed by atoms with Crippen molar-refractivity contribution in [2.75, 3.05) is 14.1 Å². The molecule has 0 aliphatic carbocycles. The second-order valence-electron chi connectivity index (χ2n) is 6.17. The smallest absolute Gasteiger partial charge is 0.273 e. The van der Waals surface area contributed by atoms with Gasteiger partial charge in [0.2, 0.25) is 0 Å². The Morgan fingerprint density at radius 3 is 2.63 bits per heavy atom. The number of carbonyl (C=O) groups is 2. The van der Waals surface area contributed by atoms with Crippen LogP contribution in [0.4, 0.5) is 0 Å². The zero-order valence-electron chi connectivity index (χ0n) is 14.9. The number of rotatable bonds is 5. The predicted octanol–water partition coefficient (Wildman–Crippen LogP) is 3.63. The predicted molar refractivity (Wildman–Crippen MR) is 103 cm³/mol. The van der Waals surface area contributed by atoms with E-state index < -0.39 is 0 Å². The molecule has 2 amide bonds. The van der Waals surface area contributed by atoms with Crippen LogP contribution in [0.2, 0.25) is 5.02 Å². The van der Waals surface area contributed by atoms with Crippen molar-refractivity contribution in [2.45, 2.75) is 6.54 Å². The third kappa shape index (κ3) is 4.54. The first-order valence-electron chi connectivity index (χ1n) is 8.25. The molecule has 0 spiro atoms. The third-order valence-corrected chi connectivity index (χ3v) is 4.12. The summed E-state index contributed by atoms with van der Waals surface area (Å²) in [4.78, 5) is 25.9. The van der Waals surface area contributed by atoms with Gasteiger partial charge in [0.25, 0.3) is 11.8 Å². The number of aromatic nitrogens is 1. The lowest BCUT2D eigenvalue weighted by atomic mass is 10.1. The van der Waals surface area contributed by atoms with Crippen molar-refractivity contribution in [3.8, 4) is 11.3 Å². The van der Waals surface area contributed by atoms with E-state index in [1.54, 1.807) is 56.6 Å². The molecule has 0 atom stereocenters. The third-order valence-electron chi connectivity index (χ3n) is 3.89. The van der Waals surface area contributed by atoms with Crippen LogP contribution in [-0.2, 0) is 6.54 Å². The molecule has 3 aromatic rings. The molecule has 0 saturated heterocycles. The molecule has 0 fully saturated rings. The Kier molecular flexibility index (Phi) is 5.57. The second kappa shape index (κ2) is 8.05. The summed E-state index contributed by atoms with van der Waals surface area (Å²) in [5.74, 6) is 0.00318. The van der Waals surface area contributed by atoms with Crippen LogP contribution < -0.4 is 5.32 Å². The van der Waals surface area contributed by atoms with Crippen LogP contribution in [0.25, 0.3) is 11.3 Å². The van der Waals surface area contributed by atoms with Crippen molar-refractivity contribution in [2.24, 2.45) is 0 Å². The molecule has 6 nitrogen and oxygen atoms in total. The van der Waals surface area contributed by atoms with Gasteiger partial charge in [-0.05, 0) is 29.8 Å². The van der Waals surface area contributed by atoms with Crippen LogP contribution in [0.1, 0.15) is 26.4 Å². The summed E-state index contributed by atoms with van der Waals surface area (Å²) in [6.45, 7) is 0.271. The lowest BCUT2D eigenvalue weighted by molar-refractivity contribution is 0.0827. The van der Waals surface area contributed by atoms with Crippen LogP contribution in [-0.4, -0.2) is 36.0 Å². The highest BCUT2D eigenvalue weighted by molar-refractivity contribution is 6.30. The maximum atomic E-state index is 12.3. The number of nitrogens with one attached hydrogen (secondary N) is 1. The number of hydrogen-bond acceptors (Lipinski definition) is 4. The summed E-state index contributed by atoms with van der Waals surface area (Å²) in [6.07, 6.45) is 0. The van der Waals surface area contributed by atoms with E-state index in [2.05, 4.69) is 10.5 Å². The van der Waals surface area contributed by atoms with Gasteiger partial charge in [0.1, 0.15) is 0 Å². The van der Waals surface area contributed by atoms with Crippen molar-refractivity contribution in [1.29, 1.82) is 0 Å². The largest absolute Gasteiger partial charge is 0.355 e. The van der Waals surface area contributed by atoms with Gasteiger partial charge >= 0.3 is 0 Å². The molecule has 0 bridgehead atoms. The minimum atomic E-state index is -0.364. The van der Waals surface area contributed by atoms with Crippen LogP contribution in [0.3, 0.4) is 0 Å². The second-order valence-corrected chi connectivity index (χ2v) is 6.61. The average molecular weight is 384 g/mol. The summed E-state index contributed by atoms with van der Waals surface area (Å²) >= 11 is 5.97.